The van der Waals surface area contributed by atoms with Crippen molar-refractivity contribution in [3.8, 4) is 5.75 Å². The van der Waals surface area contributed by atoms with Crippen LogP contribution >= 0.6 is 0 Å². The first-order valence-corrected chi connectivity index (χ1v) is 9.22. The lowest BCUT2D eigenvalue weighted by Crippen LogP contribution is -2.27. The molecule has 1 heterocycles. The van der Waals surface area contributed by atoms with Crippen LogP contribution in [-0.4, -0.2) is 24.0 Å². The van der Waals surface area contributed by atoms with E-state index in [0.29, 0.717) is 13.2 Å². The number of hydrogen-bond donors (Lipinski definition) is 1. The zero-order valence-corrected chi connectivity index (χ0v) is 14.9. The number of hydrogen-bond acceptors (Lipinski definition) is 3. The standard InChI is InChI=1S/C22H21FN2O2/c23-17-9-7-15(8-10-17)18-14-19(18)22(26)25-12-3-13-27-20-6-1-4-16-5-2-11-24-21(16)20/h1-2,4-11,18-19H,3,12-14H2,(H,25,26). The number of nitrogens with one attached hydrogen (secondary N) is 1. The van der Waals surface area contributed by atoms with Gasteiger partial charge in [-0.15, -0.1) is 0 Å². The van der Waals surface area contributed by atoms with Crippen LogP contribution in [0.4, 0.5) is 4.39 Å². The summed E-state index contributed by atoms with van der Waals surface area (Å²) in [5.41, 5.74) is 1.88. The number of ether oxygens (including phenoxy) is 1. The van der Waals surface area contributed by atoms with E-state index >= 15 is 0 Å². The van der Waals surface area contributed by atoms with E-state index in [-0.39, 0.29) is 23.6 Å². The summed E-state index contributed by atoms with van der Waals surface area (Å²) in [5, 5.41) is 4.02. The number of carbonyl (C=O) groups excluding carboxylic acids is 1. The maximum Gasteiger partial charge on any atom is 0.223 e. The number of carbonyl (C=O) groups is 1. The molecule has 0 spiro atoms. The van der Waals surface area contributed by atoms with E-state index in [2.05, 4.69) is 10.3 Å². The van der Waals surface area contributed by atoms with Gasteiger partial charge in [-0.25, -0.2) is 4.39 Å². The number of nitrogens with zero attached hydrogens (tertiary/aromatic N) is 1. The molecule has 4 nitrogen and oxygen atoms in total. The minimum absolute atomic E-state index is 0.00125. The topological polar surface area (TPSA) is 51.2 Å². The molecule has 1 aromatic heterocycles. The third-order valence-electron chi connectivity index (χ3n) is 4.90. The molecule has 1 amide bonds. The second-order valence-corrected chi connectivity index (χ2v) is 6.82. The lowest BCUT2D eigenvalue weighted by Gasteiger charge is -2.09. The Hall–Kier alpha value is -2.95. The summed E-state index contributed by atoms with van der Waals surface area (Å²) in [4.78, 5) is 16.6. The van der Waals surface area contributed by atoms with Crippen LogP contribution < -0.4 is 10.1 Å². The van der Waals surface area contributed by atoms with E-state index in [9.17, 15) is 9.18 Å². The SMILES string of the molecule is O=C(NCCCOc1cccc2cccnc12)C1CC1c1ccc(F)cc1. The van der Waals surface area contributed by atoms with Gasteiger partial charge in [0.1, 0.15) is 17.1 Å². The van der Waals surface area contributed by atoms with Crippen molar-refractivity contribution in [2.45, 2.75) is 18.8 Å². The molecular weight excluding hydrogens is 343 g/mol. The van der Waals surface area contributed by atoms with Gasteiger partial charge in [0, 0.05) is 24.0 Å². The molecule has 0 aliphatic heterocycles. The second-order valence-electron chi connectivity index (χ2n) is 6.82. The van der Waals surface area contributed by atoms with Crippen molar-refractivity contribution in [2.75, 3.05) is 13.2 Å². The average Bonchev–Trinajstić information content (AvgIpc) is 3.49. The van der Waals surface area contributed by atoms with Crippen molar-refractivity contribution in [3.63, 3.8) is 0 Å². The fourth-order valence-corrected chi connectivity index (χ4v) is 3.35. The van der Waals surface area contributed by atoms with Crippen LogP contribution in [0.2, 0.25) is 0 Å². The number of benzene rings is 2. The average molecular weight is 364 g/mol. The first-order chi connectivity index (χ1) is 13.2. The van der Waals surface area contributed by atoms with Crippen molar-refractivity contribution >= 4 is 16.8 Å². The van der Waals surface area contributed by atoms with Gasteiger partial charge in [-0.2, -0.15) is 0 Å². The van der Waals surface area contributed by atoms with Crippen molar-refractivity contribution in [1.29, 1.82) is 0 Å². The Balaban J connectivity index is 1.20. The third kappa shape index (κ3) is 4.08. The Labute approximate surface area is 157 Å². The summed E-state index contributed by atoms with van der Waals surface area (Å²) >= 11 is 0. The molecule has 0 bridgehead atoms. The van der Waals surface area contributed by atoms with Crippen LogP contribution in [0.1, 0.15) is 24.3 Å². The highest BCUT2D eigenvalue weighted by molar-refractivity contribution is 5.84. The first-order valence-electron chi connectivity index (χ1n) is 9.22. The van der Waals surface area contributed by atoms with Gasteiger partial charge in [-0.1, -0.05) is 30.3 Å². The van der Waals surface area contributed by atoms with Crippen LogP contribution in [0.15, 0.2) is 60.8 Å². The van der Waals surface area contributed by atoms with Gasteiger partial charge in [0.25, 0.3) is 0 Å². The summed E-state index contributed by atoms with van der Waals surface area (Å²) in [6, 6.07) is 16.2. The molecule has 2 atom stereocenters. The van der Waals surface area contributed by atoms with Crippen molar-refractivity contribution in [3.05, 3.63) is 72.2 Å². The molecule has 1 aliphatic rings. The molecule has 1 aliphatic carbocycles. The van der Waals surface area contributed by atoms with Gasteiger partial charge >= 0.3 is 0 Å². The normalized spacial score (nSPS) is 18.3. The number of aromatic nitrogens is 1. The molecule has 4 rings (SSSR count). The van der Waals surface area contributed by atoms with Gasteiger partial charge in [0.15, 0.2) is 0 Å². The molecule has 1 saturated carbocycles. The summed E-state index contributed by atoms with van der Waals surface area (Å²) in [5.74, 6) is 0.790. The van der Waals surface area contributed by atoms with Crippen molar-refractivity contribution < 1.29 is 13.9 Å². The predicted molar refractivity (Wildman–Crippen MR) is 102 cm³/mol. The molecule has 0 radical (unpaired) electrons. The van der Waals surface area contributed by atoms with Crippen molar-refractivity contribution in [1.82, 2.24) is 10.3 Å². The van der Waals surface area contributed by atoms with E-state index in [1.54, 1.807) is 18.3 Å². The molecule has 5 heteroatoms. The Bertz CT molecular complexity index is 937. The third-order valence-corrected chi connectivity index (χ3v) is 4.90. The number of fused-ring (bicyclic) bond motifs is 1. The van der Waals surface area contributed by atoms with Crippen molar-refractivity contribution in [2.24, 2.45) is 5.92 Å². The minimum Gasteiger partial charge on any atom is -0.491 e. The Kier molecular flexibility index (Phi) is 5.01. The summed E-state index contributed by atoms with van der Waals surface area (Å²) in [6.45, 7) is 1.09. The van der Waals surface area contributed by atoms with Crippen LogP contribution in [0.3, 0.4) is 0 Å². The van der Waals surface area contributed by atoms with Crippen LogP contribution in [0, 0.1) is 11.7 Å². The van der Waals surface area contributed by atoms with Gasteiger partial charge in [0.05, 0.1) is 6.61 Å². The number of rotatable bonds is 7. The van der Waals surface area contributed by atoms with E-state index < -0.39 is 0 Å². The number of halogens is 1. The zero-order valence-electron chi connectivity index (χ0n) is 14.9. The summed E-state index contributed by atoms with van der Waals surface area (Å²) in [6.07, 6.45) is 3.31. The maximum absolute atomic E-state index is 13.0. The zero-order chi connectivity index (χ0) is 18.6. The quantitative estimate of drug-likeness (QED) is 0.643. The first kappa shape index (κ1) is 17.5. The van der Waals surface area contributed by atoms with Crippen LogP contribution in [0.5, 0.6) is 5.75 Å². The van der Waals surface area contributed by atoms with Gasteiger partial charge < -0.3 is 10.1 Å². The minimum atomic E-state index is -0.248. The number of para-hydroxylation sites is 1. The molecule has 27 heavy (non-hydrogen) atoms. The maximum atomic E-state index is 13.0. The summed E-state index contributed by atoms with van der Waals surface area (Å²) < 4.78 is 18.8. The Morgan fingerprint density at radius 3 is 2.81 bits per heavy atom. The van der Waals surface area contributed by atoms with Gasteiger partial charge in [-0.05, 0) is 48.6 Å². The van der Waals surface area contributed by atoms with E-state index in [1.807, 2.05) is 30.3 Å². The highest BCUT2D eigenvalue weighted by Crippen LogP contribution is 2.47. The Morgan fingerprint density at radius 2 is 1.96 bits per heavy atom. The van der Waals surface area contributed by atoms with Crippen LogP contribution in [-0.2, 0) is 4.79 Å². The summed E-state index contributed by atoms with van der Waals surface area (Å²) in [7, 11) is 0. The molecule has 1 fully saturated rings. The molecule has 2 unspecified atom stereocenters. The predicted octanol–water partition coefficient (Wildman–Crippen LogP) is 4.06. The highest BCUT2D eigenvalue weighted by Gasteiger charge is 2.43. The lowest BCUT2D eigenvalue weighted by atomic mass is 10.1. The lowest BCUT2D eigenvalue weighted by molar-refractivity contribution is -0.122. The van der Waals surface area contributed by atoms with E-state index in [1.165, 1.54) is 12.1 Å². The van der Waals surface area contributed by atoms with Gasteiger partial charge in [-0.3, -0.25) is 9.78 Å². The fraction of sp³-hybridized carbons (Fsp3) is 0.273. The second kappa shape index (κ2) is 7.74. The fourth-order valence-electron chi connectivity index (χ4n) is 3.35. The largest absolute Gasteiger partial charge is 0.491 e. The highest BCUT2D eigenvalue weighted by atomic mass is 19.1. The molecule has 138 valence electrons. The van der Waals surface area contributed by atoms with Gasteiger partial charge in [0.2, 0.25) is 5.91 Å². The number of amides is 1. The molecule has 2 aromatic carbocycles. The monoisotopic (exact) mass is 364 g/mol. The molecule has 0 saturated heterocycles. The molecule has 1 N–H and O–H groups in total. The van der Waals surface area contributed by atoms with Crippen LogP contribution in [0.25, 0.3) is 10.9 Å². The van der Waals surface area contributed by atoms with E-state index in [4.69, 9.17) is 4.74 Å². The van der Waals surface area contributed by atoms with E-state index in [0.717, 1.165) is 35.1 Å². The Morgan fingerprint density at radius 1 is 1.15 bits per heavy atom. The number of pyridine rings is 1. The molecular formula is C22H21FN2O2. The smallest absolute Gasteiger partial charge is 0.223 e. The molecule has 3 aromatic rings.